The van der Waals surface area contributed by atoms with Crippen LogP contribution in [-0.2, 0) is 4.74 Å². The number of aromatic nitrogens is 3. The van der Waals surface area contributed by atoms with Gasteiger partial charge in [-0.2, -0.15) is 5.10 Å². The lowest BCUT2D eigenvalue weighted by Gasteiger charge is -2.08. The van der Waals surface area contributed by atoms with Gasteiger partial charge in [0.25, 0.3) is 11.6 Å². The van der Waals surface area contributed by atoms with E-state index in [1.54, 1.807) is 0 Å². The van der Waals surface area contributed by atoms with Crippen molar-refractivity contribution in [2.45, 2.75) is 20.3 Å². The third-order valence-electron chi connectivity index (χ3n) is 3.30. The molecule has 0 saturated carbocycles. The number of hydrogen-bond acceptors (Lipinski definition) is 6. The van der Waals surface area contributed by atoms with Gasteiger partial charge in [0.2, 0.25) is 0 Å². The number of nitrogens with one attached hydrogen (secondary N) is 1. The zero-order chi connectivity index (χ0) is 18.2. The Kier molecular flexibility index (Phi) is 6.58. The fourth-order valence-corrected chi connectivity index (χ4v) is 2.13. The number of rotatable bonds is 9. The van der Waals surface area contributed by atoms with Crippen LogP contribution in [0.3, 0.4) is 0 Å². The Balaban J connectivity index is 1.96. The molecule has 0 bridgehead atoms. The van der Waals surface area contributed by atoms with Gasteiger partial charge >= 0.3 is 0 Å². The number of nitrogens with zero attached hydrogens (tertiary/aromatic N) is 4. The van der Waals surface area contributed by atoms with Crippen molar-refractivity contribution in [2.24, 2.45) is 5.92 Å². The largest absolute Gasteiger partial charge is 0.381 e. The maximum absolute atomic E-state index is 12.1. The Hall–Kier alpha value is -2.81. The maximum Gasteiger partial charge on any atom is 0.295 e. The summed E-state index contributed by atoms with van der Waals surface area (Å²) >= 11 is 0. The molecule has 1 aromatic heterocycles. The van der Waals surface area contributed by atoms with Gasteiger partial charge in [-0.1, -0.05) is 13.8 Å². The van der Waals surface area contributed by atoms with E-state index in [-0.39, 0.29) is 22.8 Å². The summed E-state index contributed by atoms with van der Waals surface area (Å²) < 4.78 is 6.72. The van der Waals surface area contributed by atoms with Crippen LogP contribution in [0.5, 0.6) is 0 Å². The molecule has 134 valence electrons. The number of hydrogen-bond donors (Lipinski definition) is 1. The Morgan fingerprint density at radius 1 is 1.44 bits per heavy atom. The second kappa shape index (κ2) is 8.88. The normalized spacial score (nSPS) is 10.8. The van der Waals surface area contributed by atoms with Gasteiger partial charge in [-0.3, -0.25) is 14.9 Å². The molecule has 0 aliphatic heterocycles. The third-order valence-corrected chi connectivity index (χ3v) is 3.30. The first-order valence-electron chi connectivity index (χ1n) is 7.98. The van der Waals surface area contributed by atoms with Crippen molar-refractivity contribution in [1.82, 2.24) is 20.1 Å². The van der Waals surface area contributed by atoms with Crippen molar-refractivity contribution in [3.63, 3.8) is 0 Å². The van der Waals surface area contributed by atoms with Crippen molar-refractivity contribution in [3.05, 3.63) is 46.5 Å². The highest BCUT2D eigenvalue weighted by atomic mass is 16.6. The second-order valence-corrected chi connectivity index (χ2v) is 5.88. The lowest BCUT2D eigenvalue weighted by Crippen LogP contribution is -2.25. The van der Waals surface area contributed by atoms with Crippen molar-refractivity contribution in [3.8, 4) is 5.69 Å². The highest BCUT2D eigenvalue weighted by molar-refractivity contribution is 5.95. The van der Waals surface area contributed by atoms with Crippen molar-refractivity contribution in [1.29, 1.82) is 0 Å². The summed E-state index contributed by atoms with van der Waals surface area (Å²) in [6, 6.07) is 4.24. The van der Waals surface area contributed by atoms with Gasteiger partial charge in [0.05, 0.1) is 4.92 Å². The summed E-state index contributed by atoms with van der Waals surface area (Å²) in [6.45, 7) is 5.82. The fraction of sp³-hybridized carbons (Fsp3) is 0.438. The fourth-order valence-electron chi connectivity index (χ4n) is 2.13. The van der Waals surface area contributed by atoms with Crippen molar-refractivity contribution >= 4 is 11.6 Å². The number of carbonyl (C=O) groups excluding carboxylic acids is 1. The third kappa shape index (κ3) is 5.35. The molecule has 0 radical (unpaired) electrons. The van der Waals surface area contributed by atoms with E-state index in [2.05, 4.69) is 29.2 Å². The topological polar surface area (TPSA) is 112 Å². The zero-order valence-corrected chi connectivity index (χ0v) is 14.2. The molecular weight excluding hydrogens is 326 g/mol. The monoisotopic (exact) mass is 347 g/mol. The first-order chi connectivity index (χ1) is 12.0. The Morgan fingerprint density at radius 3 is 2.88 bits per heavy atom. The summed E-state index contributed by atoms with van der Waals surface area (Å²) in [5, 5.41) is 17.9. The van der Waals surface area contributed by atoms with Crippen LogP contribution >= 0.6 is 0 Å². The number of nitro benzene ring substituents is 1. The van der Waals surface area contributed by atoms with E-state index in [0.29, 0.717) is 32.1 Å². The lowest BCUT2D eigenvalue weighted by molar-refractivity contribution is -0.384. The van der Waals surface area contributed by atoms with E-state index in [1.165, 1.54) is 35.5 Å². The molecule has 1 aromatic carbocycles. The smallest absolute Gasteiger partial charge is 0.295 e. The summed E-state index contributed by atoms with van der Waals surface area (Å²) in [6.07, 6.45) is 3.32. The molecule has 0 atom stereocenters. The van der Waals surface area contributed by atoms with Crippen LogP contribution in [0.2, 0.25) is 0 Å². The molecule has 1 heterocycles. The van der Waals surface area contributed by atoms with E-state index in [1.807, 2.05) is 0 Å². The molecule has 0 aliphatic rings. The van der Waals surface area contributed by atoms with Crippen LogP contribution < -0.4 is 5.32 Å². The average Bonchev–Trinajstić information content (AvgIpc) is 3.11. The van der Waals surface area contributed by atoms with Gasteiger partial charge in [-0.05, 0) is 24.5 Å². The van der Waals surface area contributed by atoms with Crippen LogP contribution in [0.25, 0.3) is 5.69 Å². The minimum atomic E-state index is -0.548. The van der Waals surface area contributed by atoms with Gasteiger partial charge in [-0.15, -0.1) is 0 Å². The summed E-state index contributed by atoms with van der Waals surface area (Å²) in [7, 11) is 0. The van der Waals surface area contributed by atoms with Crippen molar-refractivity contribution < 1.29 is 14.5 Å². The predicted molar refractivity (Wildman–Crippen MR) is 90.6 cm³/mol. The van der Waals surface area contributed by atoms with Gasteiger partial charge in [0.1, 0.15) is 18.3 Å². The zero-order valence-electron chi connectivity index (χ0n) is 14.2. The minimum absolute atomic E-state index is 0.210. The van der Waals surface area contributed by atoms with E-state index >= 15 is 0 Å². The molecule has 0 saturated heterocycles. The Bertz CT molecular complexity index is 715. The standard InChI is InChI=1S/C16H21N5O4/c1-12(2)9-25-7-3-6-18-16(22)13-4-5-14(15(8-13)21(23)24)20-11-17-10-19-20/h4-5,8,10-12H,3,6-7,9H2,1-2H3,(H,18,22). The highest BCUT2D eigenvalue weighted by Gasteiger charge is 2.19. The SMILES string of the molecule is CC(C)COCCCNC(=O)c1ccc(-n2cncn2)c([N+](=O)[O-])c1. The predicted octanol–water partition coefficient (Wildman–Crippen LogP) is 1.97. The summed E-state index contributed by atoms with van der Waals surface area (Å²) in [4.78, 5) is 26.6. The number of benzene rings is 1. The number of ether oxygens (including phenoxy) is 1. The molecule has 2 aromatic rings. The molecule has 0 unspecified atom stereocenters. The lowest BCUT2D eigenvalue weighted by atomic mass is 10.1. The van der Waals surface area contributed by atoms with Crippen LogP contribution in [-0.4, -0.2) is 45.4 Å². The maximum atomic E-state index is 12.1. The number of carbonyl (C=O) groups is 1. The summed E-state index contributed by atoms with van der Waals surface area (Å²) in [5.74, 6) is 0.107. The van der Waals surface area contributed by atoms with Crippen molar-refractivity contribution in [2.75, 3.05) is 19.8 Å². The molecule has 25 heavy (non-hydrogen) atoms. The quantitative estimate of drug-likeness (QED) is 0.421. The molecule has 0 fully saturated rings. The average molecular weight is 347 g/mol. The Labute approximate surface area is 145 Å². The molecule has 1 amide bonds. The van der Waals surface area contributed by atoms with Gasteiger partial charge in [0.15, 0.2) is 0 Å². The molecular formula is C16H21N5O4. The molecule has 0 aliphatic carbocycles. The van der Waals surface area contributed by atoms with E-state index in [0.717, 1.165) is 0 Å². The molecule has 9 nitrogen and oxygen atoms in total. The van der Waals surface area contributed by atoms with Gasteiger partial charge < -0.3 is 10.1 Å². The summed E-state index contributed by atoms with van der Waals surface area (Å²) in [5.41, 5.74) is 0.262. The molecule has 1 N–H and O–H groups in total. The number of amides is 1. The molecule has 0 spiro atoms. The van der Waals surface area contributed by atoms with Crippen LogP contribution in [0.15, 0.2) is 30.9 Å². The van der Waals surface area contributed by atoms with Crippen LogP contribution in [0.1, 0.15) is 30.6 Å². The van der Waals surface area contributed by atoms with E-state index in [9.17, 15) is 14.9 Å². The number of nitro groups is 1. The molecule has 9 heteroatoms. The van der Waals surface area contributed by atoms with Crippen LogP contribution in [0.4, 0.5) is 5.69 Å². The van der Waals surface area contributed by atoms with Gasteiger partial charge in [0, 0.05) is 31.4 Å². The van der Waals surface area contributed by atoms with Crippen LogP contribution in [0, 0.1) is 16.0 Å². The minimum Gasteiger partial charge on any atom is -0.381 e. The highest BCUT2D eigenvalue weighted by Crippen LogP contribution is 2.23. The second-order valence-electron chi connectivity index (χ2n) is 5.88. The van der Waals surface area contributed by atoms with E-state index < -0.39 is 4.92 Å². The van der Waals surface area contributed by atoms with Gasteiger partial charge in [-0.25, -0.2) is 9.67 Å². The first kappa shape index (κ1) is 18.5. The Morgan fingerprint density at radius 2 is 2.24 bits per heavy atom. The van der Waals surface area contributed by atoms with E-state index in [4.69, 9.17) is 4.74 Å². The molecule has 2 rings (SSSR count). The first-order valence-corrected chi connectivity index (χ1v) is 7.98.